The number of aliphatic hydroxyl groups excluding tert-OH is 1. The van der Waals surface area contributed by atoms with E-state index in [9.17, 15) is 14.7 Å². The molecule has 6 nitrogen and oxygen atoms in total. The maximum Gasteiger partial charge on any atom is 0.309 e. The lowest BCUT2D eigenvalue weighted by molar-refractivity contribution is -0.162. The number of ether oxygens (including phenoxy) is 2. The van der Waals surface area contributed by atoms with Crippen LogP contribution in [0.25, 0.3) is 0 Å². The van der Waals surface area contributed by atoms with Gasteiger partial charge in [-0.3, -0.25) is 9.59 Å². The molecule has 126 valence electrons. The fourth-order valence-electron chi connectivity index (χ4n) is 2.61. The number of carboxylic acid groups (broad SMARTS) is 1. The molecule has 0 aromatic heterocycles. The predicted octanol–water partition coefficient (Wildman–Crippen LogP) is 1.76. The number of rotatable bonds is 9. The molecule has 3 unspecified atom stereocenters. The minimum Gasteiger partial charge on any atom is -0.481 e. The molecule has 0 aliphatic heterocycles. The first-order valence-electron chi connectivity index (χ1n) is 7.72. The summed E-state index contributed by atoms with van der Waals surface area (Å²) in [4.78, 5) is 23.4. The summed E-state index contributed by atoms with van der Waals surface area (Å²) in [5.41, 5.74) is 0.840. The molecule has 1 rings (SSSR count). The molecule has 1 saturated carbocycles. The number of hydrogen-bond acceptors (Lipinski definition) is 5. The van der Waals surface area contributed by atoms with E-state index in [1.807, 2.05) is 6.92 Å². The SMILES string of the molecule is C=C(C)COC(CCO)COC(=O)C1CCCCC1C(=O)O. The monoisotopic (exact) mass is 314 g/mol. The number of esters is 1. The van der Waals surface area contributed by atoms with Gasteiger partial charge in [0.15, 0.2) is 0 Å². The van der Waals surface area contributed by atoms with E-state index in [1.54, 1.807) is 0 Å². The van der Waals surface area contributed by atoms with E-state index < -0.39 is 29.9 Å². The number of carbonyl (C=O) groups is 2. The zero-order valence-electron chi connectivity index (χ0n) is 13.1. The second kappa shape index (κ2) is 9.58. The Morgan fingerprint density at radius 3 is 2.45 bits per heavy atom. The average molecular weight is 314 g/mol. The quantitative estimate of drug-likeness (QED) is 0.497. The van der Waals surface area contributed by atoms with Gasteiger partial charge in [0.2, 0.25) is 0 Å². The van der Waals surface area contributed by atoms with Crippen LogP contribution in [-0.2, 0) is 19.1 Å². The van der Waals surface area contributed by atoms with E-state index in [2.05, 4.69) is 6.58 Å². The van der Waals surface area contributed by atoms with Gasteiger partial charge in [-0.25, -0.2) is 0 Å². The number of hydrogen-bond donors (Lipinski definition) is 2. The van der Waals surface area contributed by atoms with Crippen molar-refractivity contribution in [3.63, 3.8) is 0 Å². The van der Waals surface area contributed by atoms with Gasteiger partial charge in [0.05, 0.1) is 24.5 Å². The lowest BCUT2D eigenvalue weighted by Gasteiger charge is -2.27. The Hall–Kier alpha value is -1.40. The summed E-state index contributed by atoms with van der Waals surface area (Å²) >= 11 is 0. The molecule has 1 aliphatic carbocycles. The average Bonchev–Trinajstić information content (AvgIpc) is 2.49. The predicted molar refractivity (Wildman–Crippen MR) is 80.3 cm³/mol. The van der Waals surface area contributed by atoms with Gasteiger partial charge in [0, 0.05) is 13.0 Å². The van der Waals surface area contributed by atoms with Crippen molar-refractivity contribution >= 4 is 11.9 Å². The molecule has 3 atom stereocenters. The molecule has 0 aromatic carbocycles. The van der Waals surface area contributed by atoms with Gasteiger partial charge in [-0.2, -0.15) is 0 Å². The minimum atomic E-state index is -0.938. The van der Waals surface area contributed by atoms with Gasteiger partial charge in [-0.1, -0.05) is 25.0 Å². The van der Waals surface area contributed by atoms with Gasteiger partial charge in [-0.05, 0) is 19.8 Å². The molecule has 1 aliphatic rings. The molecule has 6 heteroatoms. The van der Waals surface area contributed by atoms with Crippen molar-refractivity contribution in [1.82, 2.24) is 0 Å². The summed E-state index contributed by atoms with van der Waals surface area (Å²) in [7, 11) is 0. The van der Waals surface area contributed by atoms with Gasteiger partial charge in [0.1, 0.15) is 6.61 Å². The molecular weight excluding hydrogens is 288 g/mol. The van der Waals surface area contributed by atoms with Crippen LogP contribution in [0.3, 0.4) is 0 Å². The molecule has 0 radical (unpaired) electrons. The van der Waals surface area contributed by atoms with E-state index in [0.29, 0.717) is 25.9 Å². The topological polar surface area (TPSA) is 93.1 Å². The highest BCUT2D eigenvalue weighted by Gasteiger charge is 2.37. The molecule has 0 spiro atoms. The van der Waals surface area contributed by atoms with Crippen molar-refractivity contribution in [3.8, 4) is 0 Å². The van der Waals surface area contributed by atoms with E-state index in [0.717, 1.165) is 18.4 Å². The van der Waals surface area contributed by atoms with Crippen LogP contribution >= 0.6 is 0 Å². The van der Waals surface area contributed by atoms with Crippen molar-refractivity contribution < 1.29 is 29.3 Å². The highest BCUT2D eigenvalue weighted by atomic mass is 16.6. The van der Waals surface area contributed by atoms with Crippen LogP contribution in [0.15, 0.2) is 12.2 Å². The van der Waals surface area contributed by atoms with Gasteiger partial charge in [-0.15, -0.1) is 0 Å². The first-order valence-corrected chi connectivity index (χ1v) is 7.72. The van der Waals surface area contributed by atoms with E-state index in [4.69, 9.17) is 14.6 Å². The molecule has 0 amide bonds. The van der Waals surface area contributed by atoms with E-state index in [-0.39, 0.29) is 13.2 Å². The number of aliphatic carboxylic acids is 1. The fraction of sp³-hybridized carbons (Fsp3) is 0.750. The number of carboxylic acids is 1. The summed E-state index contributed by atoms with van der Waals surface area (Å²) in [5, 5.41) is 18.2. The molecule has 0 heterocycles. The van der Waals surface area contributed by atoms with Crippen molar-refractivity contribution in [2.24, 2.45) is 11.8 Å². The van der Waals surface area contributed by atoms with Crippen LogP contribution in [0.1, 0.15) is 39.0 Å². The minimum absolute atomic E-state index is 0.0233. The fourth-order valence-corrected chi connectivity index (χ4v) is 2.61. The van der Waals surface area contributed by atoms with Gasteiger partial charge in [0.25, 0.3) is 0 Å². The first-order chi connectivity index (χ1) is 10.5. The van der Waals surface area contributed by atoms with Crippen molar-refractivity contribution in [2.45, 2.75) is 45.1 Å². The Morgan fingerprint density at radius 2 is 1.91 bits per heavy atom. The maximum atomic E-state index is 12.1. The van der Waals surface area contributed by atoms with Crippen LogP contribution in [0.4, 0.5) is 0 Å². The molecule has 22 heavy (non-hydrogen) atoms. The largest absolute Gasteiger partial charge is 0.481 e. The number of carbonyl (C=O) groups excluding carboxylic acids is 1. The van der Waals surface area contributed by atoms with Crippen LogP contribution in [0, 0.1) is 11.8 Å². The normalized spacial score (nSPS) is 22.8. The van der Waals surface area contributed by atoms with Crippen LogP contribution in [0.5, 0.6) is 0 Å². The third kappa shape index (κ3) is 6.15. The Kier molecular flexibility index (Phi) is 8.12. The van der Waals surface area contributed by atoms with Gasteiger partial charge < -0.3 is 19.7 Å². The molecular formula is C16H26O6. The summed E-state index contributed by atoms with van der Waals surface area (Å²) in [6.45, 7) is 5.84. The lowest BCUT2D eigenvalue weighted by Crippen LogP contribution is -2.35. The van der Waals surface area contributed by atoms with E-state index in [1.165, 1.54) is 0 Å². The van der Waals surface area contributed by atoms with Crippen LogP contribution in [-0.4, -0.2) is 48.1 Å². The molecule has 0 aromatic rings. The van der Waals surface area contributed by atoms with Crippen LogP contribution in [0.2, 0.25) is 0 Å². The van der Waals surface area contributed by atoms with Gasteiger partial charge >= 0.3 is 11.9 Å². The zero-order chi connectivity index (χ0) is 16.5. The molecule has 0 bridgehead atoms. The number of aliphatic hydroxyl groups is 1. The molecule has 2 N–H and O–H groups in total. The third-order valence-corrected chi connectivity index (χ3v) is 3.81. The summed E-state index contributed by atoms with van der Waals surface area (Å²) < 4.78 is 10.7. The van der Waals surface area contributed by atoms with Crippen molar-refractivity contribution in [1.29, 1.82) is 0 Å². The second-order valence-electron chi connectivity index (χ2n) is 5.87. The zero-order valence-corrected chi connectivity index (χ0v) is 13.1. The first kappa shape index (κ1) is 18.6. The Bertz CT molecular complexity index is 392. The van der Waals surface area contributed by atoms with Crippen molar-refractivity contribution in [2.75, 3.05) is 19.8 Å². The highest BCUT2D eigenvalue weighted by molar-refractivity contribution is 5.81. The Balaban J connectivity index is 2.50. The van der Waals surface area contributed by atoms with E-state index >= 15 is 0 Å². The Morgan fingerprint density at radius 1 is 1.27 bits per heavy atom. The van der Waals surface area contributed by atoms with Crippen molar-refractivity contribution in [3.05, 3.63) is 12.2 Å². The highest BCUT2D eigenvalue weighted by Crippen LogP contribution is 2.31. The molecule has 1 fully saturated rings. The summed E-state index contributed by atoms with van der Waals surface area (Å²) in [6, 6.07) is 0. The smallest absolute Gasteiger partial charge is 0.309 e. The van der Waals surface area contributed by atoms with Crippen LogP contribution < -0.4 is 0 Å². The third-order valence-electron chi connectivity index (χ3n) is 3.81. The lowest BCUT2D eigenvalue weighted by atomic mass is 9.79. The standard InChI is InChI=1S/C16H26O6/c1-11(2)9-21-12(7-8-17)10-22-16(20)14-6-4-3-5-13(14)15(18)19/h12-14,17H,1,3-10H2,2H3,(H,18,19). The summed E-state index contributed by atoms with van der Waals surface area (Å²) in [6.07, 6.45) is 2.69. The summed E-state index contributed by atoms with van der Waals surface area (Å²) in [5.74, 6) is -2.66. The molecule has 0 saturated heterocycles. The second-order valence-corrected chi connectivity index (χ2v) is 5.87. The Labute approximate surface area is 131 Å². The maximum absolute atomic E-state index is 12.1.